The molecule has 0 saturated carbocycles. The Labute approximate surface area is 120 Å². The molecule has 2 rings (SSSR count). The highest BCUT2D eigenvalue weighted by molar-refractivity contribution is 7.09. The molecule has 2 aromatic rings. The zero-order valence-electron chi connectivity index (χ0n) is 11.9. The van der Waals surface area contributed by atoms with Gasteiger partial charge in [0, 0.05) is 17.6 Å². The van der Waals surface area contributed by atoms with Gasteiger partial charge in [-0.25, -0.2) is 9.67 Å². The lowest BCUT2D eigenvalue weighted by molar-refractivity contribution is -0.384. The average molecular weight is 295 g/mol. The molecule has 2 aromatic heterocycles. The van der Waals surface area contributed by atoms with E-state index in [4.69, 9.17) is 0 Å². The van der Waals surface area contributed by atoms with Gasteiger partial charge in [-0.15, -0.1) is 11.3 Å². The van der Waals surface area contributed by atoms with E-state index >= 15 is 0 Å². The van der Waals surface area contributed by atoms with E-state index in [0.717, 1.165) is 10.7 Å². The number of nitro groups is 1. The van der Waals surface area contributed by atoms with Crippen molar-refractivity contribution in [2.75, 3.05) is 5.32 Å². The number of aryl methyl sites for hydroxylation is 3. The van der Waals surface area contributed by atoms with Crippen LogP contribution >= 0.6 is 11.3 Å². The SMILES string of the molecule is CCn1nc(C)c([N+](=O)[O-])c1NC(C)c1nc(C)cs1. The summed E-state index contributed by atoms with van der Waals surface area (Å²) in [6.07, 6.45) is 0. The summed E-state index contributed by atoms with van der Waals surface area (Å²) < 4.78 is 1.62. The molecule has 0 radical (unpaired) electrons. The van der Waals surface area contributed by atoms with Gasteiger partial charge in [0.25, 0.3) is 0 Å². The molecule has 2 heterocycles. The molecule has 1 atom stereocenters. The molecular weight excluding hydrogens is 278 g/mol. The molecule has 7 nitrogen and oxygen atoms in total. The summed E-state index contributed by atoms with van der Waals surface area (Å²) in [6, 6.07) is -0.103. The topological polar surface area (TPSA) is 85.9 Å². The van der Waals surface area contributed by atoms with Gasteiger partial charge in [0.2, 0.25) is 5.82 Å². The van der Waals surface area contributed by atoms with E-state index < -0.39 is 4.92 Å². The maximum Gasteiger partial charge on any atom is 0.333 e. The van der Waals surface area contributed by atoms with Gasteiger partial charge in [-0.3, -0.25) is 10.1 Å². The molecule has 1 unspecified atom stereocenters. The van der Waals surface area contributed by atoms with Crippen molar-refractivity contribution in [1.82, 2.24) is 14.8 Å². The first kappa shape index (κ1) is 14.4. The van der Waals surface area contributed by atoms with E-state index in [2.05, 4.69) is 15.4 Å². The smallest absolute Gasteiger partial charge is 0.333 e. The third-order valence-electron chi connectivity index (χ3n) is 2.94. The first-order valence-electron chi connectivity index (χ1n) is 6.34. The second kappa shape index (κ2) is 5.58. The Morgan fingerprint density at radius 1 is 1.55 bits per heavy atom. The van der Waals surface area contributed by atoms with E-state index in [1.165, 1.54) is 11.3 Å². The van der Waals surface area contributed by atoms with Crippen molar-refractivity contribution in [2.45, 2.75) is 40.3 Å². The zero-order chi connectivity index (χ0) is 14.9. The largest absolute Gasteiger partial charge is 0.356 e. The maximum absolute atomic E-state index is 11.2. The Kier molecular flexibility index (Phi) is 4.03. The summed E-state index contributed by atoms with van der Waals surface area (Å²) in [4.78, 5) is 15.2. The van der Waals surface area contributed by atoms with Crippen LogP contribution in [0.4, 0.5) is 11.5 Å². The predicted molar refractivity (Wildman–Crippen MR) is 78.2 cm³/mol. The molecule has 0 aromatic carbocycles. The van der Waals surface area contributed by atoms with Crippen LogP contribution in [0.3, 0.4) is 0 Å². The summed E-state index contributed by atoms with van der Waals surface area (Å²) >= 11 is 1.54. The number of nitrogens with one attached hydrogen (secondary N) is 1. The standard InChI is InChI=1S/C12H17N5O2S/c1-5-16-11(10(17(18)19)8(3)15-16)14-9(4)12-13-7(2)6-20-12/h6,9,14H,5H2,1-4H3. The lowest BCUT2D eigenvalue weighted by atomic mass is 10.3. The fraction of sp³-hybridized carbons (Fsp3) is 0.500. The molecule has 0 amide bonds. The minimum Gasteiger partial charge on any atom is -0.356 e. The van der Waals surface area contributed by atoms with Crippen molar-refractivity contribution in [3.63, 3.8) is 0 Å². The van der Waals surface area contributed by atoms with Gasteiger partial charge in [-0.05, 0) is 27.7 Å². The highest BCUT2D eigenvalue weighted by atomic mass is 32.1. The van der Waals surface area contributed by atoms with Gasteiger partial charge in [0.15, 0.2) is 0 Å². The monoisotopic (exact) mass is 295 g/mol. The lowest BCUT2D eigenvalue weighted by Crippen LogP contribution is -2.12. The van der Waals surface area contributed by atoms with Crippen LogP contribution in [0.25, 0.3) is 0 Å². The molecule has 0 spiro atoms. The van der Waals surface area contributed by atoms with Crippen LogP contribution in [-0.2, 0) is 6.54 Å². The van der Waals surface area contributed by atoms with Crippen molar-refractivity contribution in [2.24, 2.45) is 0 Å². The van der Waals surface area contributed by atoms with Crippen LogP contribution in [0.15, 0.2) is 5.38 Å². The van der Waals surface area contributed by atoms with Gasteiger partial charge in [-0.2, -0.15) is 5.10 Å². The Balaban J connectivity index is 2.34. The van der Waals surface area contributed by atoms with E-state index in [1.54, 1.807) is 11.6 Å². The summed E-state index contributed by atoms with van der Waals surface area (Å²) in [5.74, 6) is 0.440. The fourth-order valence-corrected chi connectivity index (χ4v) is 2.80. The number of anilines is 1. The quantitative estimate of drug-likeness (QED) is 0.676. The summed E-state index contributed by atoms with van der Waals surface area (Å²) in [6.45, 7) is 7.98. The lowest BCUT2D eigenvalue weighted by Gasteiger charge is -2.13. The molecule has 20 heavy (non-hydrogen) atoms. The predicted octanol–water partition coefficient (Wildman–Crippen LogP) is 3.06. The van der Waals surface area contributed by atoms with Gasteiger partial charge in [0.05, 0.1) is 11.0 Å². The molecule has 1 N–H and O–H groups in total. The number of hydrogen-bond donors (Lipinski definition) is 1. The van der Waals surface area contributed by atoms with Crippen molar-refractivity contribution in [3.8, 4) is 0 Å². The molecule has 0 bridgehead atoms. The van der Waals surface area contributed by atoms with Crippen molar-refractivity contribution in [3.05, 3.63) is 31.9 Å². The molecule has 108 valence electrons. The van der Waals surface area contributed by atoms with Crippen LogP contribution in [0.5, 0.6) is 0 Å². The molecule has 0 saturated heterocycles. The first-order valence-corrected chi connectivity index (χ1v) is 7.22. The molecule has 0 aliphatic rings. The summed E-state index contributed by atoms with van der Waals surface area (Å²) in [7, 11) is 0. The third kappa shape index (κ3) is 2.64. The summed E-state index contributed by atoms with van der Waals surface area (Å²) in [5.41, 5.74) is 1.40. The highest BCUT2D eigenvalue weighted by Crippen LogP contribution is 2.31. The zero-order valence-corrected chi connectivity index (χ0v) is 12.7. The Bertz CT molecular complexity index is 634. The van der Waals surface area contributed by atoms with Crippen molar-refractivity contribution < 1.29 is 4.92 Å². The second-order valence-electron chi connectivity index (χ2n) is 4.55. The Morgan fingerprint density at radius 3 is 2.75 bits per heavy atom. The minimum absolute atomic E-state index is 0.0342. The van der Waals surface area contributed by atoms with Crippen LogP contribution in [0.1, 0.15) is 36.3 Å². The third-order valence-corrected chi connectivity index (χ3v) is 4.08. The van der Waals surface area contributed by atoms with Gasteiger partial charge in [0.1, 0.15) is 10.7 Å². The van der Waals surface area contributed by atoms with Crippen molar-refractivity contribution in [1.29, 1.82) is 0 Å². The maximum atomic E-state index is 11.2. The minimum atomic E-state index is -0.392. The number of rotatable bonds is 5. The van der Waals surface area contributed by atoms with Gasteiger partial charge in [-0.1, -0.05) is 0 Å². The van der Waals surface area contributed by atoms with E-state index in [-0.39, 0.29) is 11.7 Å². The first-order chi connectivity index (χ1) is 9.43. The Morgan fingerprint density at radius 2 is 2.25 bits per heavy atom. The number of thiazole rings is 1. The van der Waals surface area contributed by atoms with Crippen LogP contribution in [-0.4, -0.2) is 19.7 Å². The van der Waals surface area contributed by atoms with Crippen LogP contribution in [0, 0.1) is 24.0 Å². The second-order valence-corrected chi connectivity index (χ2v) is 5.44. The number of aromatic nitrogens is 3. The number of nitrogens with zero attached hydrogens (tertiary/aromatic N) is 4. The normalized spacial score (nSPS) is 12.4. The van der Waals surface area contributed by atoms with Crippen molar-refractivity contribution >= 4 is 22.8 Å². The van der Waals surface area contributed by atoms with E-state index in [1.807, 2.05) is 26.2 Å². The summed E-state index contributed by atoms with van der Waals surface area (Å²) in [5, 5.41) is 21.4. The van der Waals surface area contributed by atoms with Crippen LogP contribution < -0.4 is 5.32 Å². The number of hydrogen-bond acceptors (Lipinski definition) is 6. The molecule has 0 fully saturated rings. The van der Waals surface area contributed by atoms with E-state index in [9.17, 15) is 10.1 Å². The average Bonchev–Trinajstić information content (AvgIpc) is 2.93. The molecular formula is C12H17N5O2S. The van der Waals surface area contributed by atoms with Gasteiger partial charge >= 0.3 is 5.69 Å². The highest BCUT2D eigenvalue weighted by Gasteiger charge is 2.26. The fourth-order valence-electron chi connectivity index (χ4n) is 2.00. The Hall–Kier alpha value is -1.96. The van der Waals surface area contributed by atoms with Gasteiger partial charge < -0.3 is 5.32 Å². The van der Waals surface area contributed by atoms with E-state index in [0.29, 0.717) is 18.1 Å². The molecule has 0 aliphatic carbocycles. The molecule has 0 aliphatic heterocycles. The van der Waals surface area contributed by atoms with Crippen LogP contribution in [0.2, 0.25) is 0 Å². The molecule has 8 heteroatoms.